The number of nitro benzene ring substituents is 1. The minimum atomic E-state index is -3.82. The molecule has 11 heteroatoms. The van der Waals surface area contributed by atoms with Crippen LogP contribution < -0.4 is 15.4 Å². The Kier molecular flexibility index (Phi) is 6.79. The molecule has 0 spiro atoms. The third-order valence-electron chi connectivity index (χ3n) is 3.47. The predicted molar refractivity (Wildman–Crippen MR) is 102 cm³/mol. The zero-order valence-corrected chi connectivity index (χ0v) is 15.7. The molecule has 0 saturated heterocycles. The Morgan fingerprint density at radius 1 is 1.04 bits per heavy atom. The van der Waals surface area contributed by atoms with Crippen LogP contribution in [0.15, 0.2) is 53.4 Å². The molecule has 0 saturated carbocycles. The van der Waals surface area contributed by atoms with Gasteiger partial charge >= 0.3 is 0 Å². The highest BCUT2D eigenvalue weighted by molar-refractivity contribution is 7.89. The molecule has 3 N–H and O–H groups in total. The lowest BCUT2D eigenvalue weighted by Gasteiger charge is -2.08. The number of nitrogens with one attached hydrogen (secondary N) is 3. The van der Waals surface area contributed by atoms with E-state index in [2.05, 4.69) is 15.4 Å². The van der Waals surface area contributed by atoms with E-state index in [1.807, 2.05) is 0 Å². The summed E-state index contributed by atoms with van der Waals surface area (Å²) in [5, 5.41) is 15.7. The lowest BCUT2D eigenvalue weighted by molar-refractivity contribution is -0.384. The smallest absolute Gasteiger partial charge is 0.271 e. The van der Waals surface area contributed by atoms with Gasteiger partial charge < -0.3 is 10.6 Å². The van der Waals surface area contributed by atoms with Crippen molar-refractivity contribution in [3.8, 4) is 0 Å². The number of rotatable bonds is 8. The summed E-state index contributed by atoms with van der Waals surface area (Å²) in [6.07, 6.45) is -0.161. The molecule has 0 aliphatic rings. The number of benzene rings is 2. The zero-order chi connectivity index (χ0) is 20.7. The van der Waals surface area contributed by atoms with Gasteiger partial charge in [0.2, 0.25) is 21.8 Å². The first-order valence-electron chi connectivity index (χ1n) is 8.09. The Bertz CT molecular complexity index is 989. The Hall–Kier alpha value is -3.31. The maximum Gasteiger partial charge on any atom is 0.271 e. The molecule has 2 amide bonds. The lowest BCUT2D eigenvalue weighted by atomic mass is 10.2. The molecule has 2 aromatic rings. The van der Waals surface area contributed by atoms with E-state index < -0.39 is 20.9 Å². The summed E-state index contributed by atoms with van der Waals surface area (Å²) in [5.41, 5.74) is 0.541. The topological polar surface area (TPSA) is 148 Å². The number of carbonyl (C=O) groups excluding carboxylic acids is 2. The van der Waals surface area contributed by atoms with Crippen molar-refractivity contribution in [1.82, 2.24) is 4.72 Å². The molecule has 0 heterocycles. The Morgan fingerprint density at radius 2 is 1.71 bits per heavy atom. The molecule has 0 unspecified atom stereocenters. The summed E-state index contributed by atoms with van der Waals surface area (Å²) in [7, 11) is -3.82. The van der Waals surface area contributed by atoms with Gasteiger partial charge in [0.1, 0.15) is 0 Å². The van der Waals surface area contributed by atoms with E-state index in [-0.39, 0.29) is 35.1 Å². The van der Waals surface area contributed by atoms with Crippen molar-refractivity contribution in [1.29, 1.82) is 0 Å². The SMILES string of the molecule is CC(=O)Nc1ccc(S(=O)(=O)NCCC(=O)Nc2cccc([N+](=O)[O-])c2)cc1. The molecule has 2 rings (SSSR count). The molecule has 148 valence electrons. The molecule has 0 aliphatic carbocycles. The number of hydrogen-bond donors (Lipinski definition) is 3. The van der Waals surface area contributed by atoms with Gasteiger partial charge in [0.15, 0.2) is 0 Å². The molecule has 0 bridgehead atoms. The van der Waals surface area contributed by atoms with Crippen molar-refractivity contribution >= 4 is 38.9 Å². The molecule has 0 aliphatic heterocycles. The summed E-state index contributed by atoms with van der Waals surface area (Å²) < 4.78 is 26.7. The van der Waals surface area contributed by atoms with E-state index in [1.165, 1.54) is 55.5 Å². The van der Waals surface area contributed by atoms with Gasteiger partial charge in [-0.3, -0.25) is 19.7 Å². The maximum absolute atomic E-state index is 12.2. The van der Waals surface area contributed by atoms with E-state index in [0.29, 0.717) is 5.69 Å². The van der Waals surface area contributed by atoms with Gasteiger partial charge in [0.25, 0.3) is 5.69 Å². The Morgan fingerprint density at radius 3 is 2.32 bits per heavy atom. The quantitative estimate of drug-likeness (QED) is 0.450. The number of carbonyl (C=O) groups is 2. The monoisotopic (exact) mass is 406 g/mol. The van der Waals surface area contributed by atoms with Crippen LogP contribution in [0.5, 0.6) is 0 Å². The van der Waals surface area contributed by atoms with Crippen LogP contribution >= 0.6 is 0 Å². The van der Waals surface area contributed by atoms with Crippen molar-refractivity contribution in [3.63, 3.8) is 0 Å². The second kappa shape index (κ2) is 9.06. The van der Waals surface area contributed by atoms with Crippen LogP contribution in [0.3, 0.4) is 0 Å². The normalized spacial score (nSPS) is 10.9. The van der Waals surface area contributed by atoms with Gasteiger partial charge in [-0.1, -0.05) is 6.07 Å². The van der Waals surface area contributed by atoms with E-state index in [4.69, 9.17) is 0 Å². The van der Waals surface area contributed by atoms with Crippen LogP contribution in [0.25, 0.3) is 0 Å². The minimum absolute atomic E-state index is 0.0132. The highest BCUT2D eigenvalue weighted by Gasteiger charge is 2.15. The van der Waals surface area contributed by atoms with Crippen LogP contribution in [0.2, 0.25) is 0 Å². The Balaban J connectivity index is 1.89. The van der Waals surface area contributed by atoms with E-state index in [9.17, 15) is 28.1 Å². The van der Waals surface area contributed by atoms with Crippen molar-refractivity contribution < 1.29 is 22.9 Å². The van der Waals surface area contributed by atoms with Gasteiger partial charge in [0.05, 0.1) is 9.82 Å². The summed E-state index contributed by atoms with van der Waals surface area (Å²) in [6.45, 7) is 1.18. The number of hydrogen-bond acceptors (Lipinski definition) is 6. The summed E-state index contributed by atoms with van der Waals surface area (Å²) in [4.78, 5) is 33.0. The zero-order valence-electron chi connectivity index (χ0n) is 14.8. The summed E-state index contributed by atoms with van der Waals surface area (Å²) in [6, 6.07) is 11.0. The molecular formula is C17H18N4O6S. The van der Waals surface area contributed by atoms with Crippen LogP contribution in [0.1, 0.15) is 13.3 Å². The Labute approximate surface area is 161 Å². The standard InChI is InChI=1S/C17H18N4O6S/c1-12(22)19-13-5-7-16(8-6-13)28(26,27)18-10-9-17(23)20-14-3-2-4-15(11-14)21(24)25/h2-8,11,18H,9-10H2,1H3,(H,19,22)(H,20,23). The fraction of sp³-hybridized carbons (Fsp3) is 0.176. The molecule has 10 nitrogen and oxygen atoms in total. The lowest BCUT2D eigenvalue weighted by Crippen LogP contribution is -2.27. The van der Waals surface area contributed by atoms with Crippen LogP contribution in [-0.4, -0.2) is 31.7 Å². The average molecular weight is 406 g/mol. The van der Waals surface area contributed by atoms with Crippen molar-refractivity contribution in [2.24, 2.45) is 0 Å². The molecule has 2 aromatic carbocycles. The largest absolute Gasteiger partial charge is 0.326 e. The van der Waals surface area contributed by atoms with Crippen LogP contribution in [0.4, 0.5) is 17.1 Å². The highest BCUT2D eigenvalue weighted by atomic mass is 32.2. The first-order valence-corrected chi connectivity index (χ1v) is 9.57. The summed E-state index contributed by atoms with van der Waals surface area (Å²) >= 11 is 0. The molecule has 0 radical (unpaired) electrons. The first kappa shape index (κ1) is 21.0. The number of nitrogens with zero attached hydrogens (tertiary/aromatic N) is 1. The molecular weight excluding hydrogens is 388 g/mol. The third-order valence-corrected chi connectivity index (χ3v) is 4.95. The minimum Gasteiger partial charge on any atom is -0.326 e. The van der Waals surface area contributed by atoms with E-state index in [0.717, 1.165) is 0 Å². The number of sulfonamides is 1. The first-order chi connectivity index (χ1) is 13.2. The maximum atomic E-state index is 12.2. The molecule has 28 heavy (non-hydrogen) atoms. The van der Waals surface area contributed by atoms with E-state index >= 15 is 0 Å². The fourth-order valence-electron chi connectivity index (χ4n) is 2.22. The van der Waals surface area contributed by atoms with Gasteiger partial charge in [0, 0.05) is 43.4 Å². The molecule has 0 atom stereocenters. The third kappa shape index (κ3) is 6.14. The average Bonchev–Trinajstić information content (AvgIpc) is 2.61. The highest BCUT2D eigenvalue weighted by Crippen LogP contribution is 2.17. The number of nitro groups is 1. The number of amides is 2. The van der Waals surface area contributed by atoms with Crippen molar-refractivity contribution in [2.45, 2.75) is 18.2 Å². The van der Waals surface area contributed by atoms with Gasteiger partial charge in [-0.2, -0.15) is 0 Å². The van der Waals surface area contributed by atoms with Crippen molar-refractivity contribution in [3.05, 3.63) is 58.6 Å². The number of anilines is 2. The second-order valence-corrected chi connectivity index (χ2v) is 7.48. The molecule has 0 aromatic heterocycles. The van der Waals surface area contributed by atoms with E-state index in [1.54, 1.807) is 0 Å². The van der Waals surface area contributed by atoms with Crippen molar-refractivity contribution in [2.75, 3.05) is 17.2 Å². The molecule has 0 fully saturated rings. The van der Waals surface area contributed by atoms with Gasteiger partial charge in [-0.25, -0.2) is 13.1 Å². The van der Waals surface area contributed by atoms with Crippen LogP contribution in [-0.2, 0) is 19.6 Å². The second-order valence-electron chi connectivity index (χ2n) is 5.71. The fourth-order valence-corrected chi connectivity index (χ4v) is 3.26. The van der Waals surface area contributed by atoms with Crippen LogP contribution in [0, 0.1) is 10.1 Å². The summed E-state index contributed by atoms with van der Waals surface area (Å²) in [5.74, 6) is -0.771. The van der Waals surface area contributed by atoms with Gasteiger partial charge in [-0.15, -0.1) is 0 Å². The van der Waals surface area contributed by atoms with Gasteiger partial charge in [-0.05, 0) is 30.3 Å². The predicted octanol–water partition coefficient (Wildman–Crippen LogP) is 1.86. The number of non-ortho nitro benzene ring substituents is 1.